The zero-order chi connectivity index (χ0) is 21.0. The van der Waals surface area contributed by atoms with Gasteiger partial charge in [-0.3, -0.25) is 14.4 Å². The standard InChI is InChI=1S/C23H34O6/c1-14(24)28-13-22-10-4-5-20(29-15(2)25)23(22,27)12-8-16-17-6-7-19(26)21(17,3)11-9-18(16)22/h16-18,20,27H,4-13H2,1-3H3/t16-,17-,18-,20-,21-,22-,23+/m0/s1. The molecule has 0 saturated heterocycles. The van der Waals surface area contributed by atoms with Gasteiger partial charge in [-0.05, 0) is 69.1 Å². The van der Waals surface area contributed by atoms with Gasteiger partial charge in [0.15, 0.2) is 0 Å². The first kappa shape index (κ1) is 20.8. The highest BCUT2D eigenvalue weighted by molar-refractivity contribution is 5.87. The Hall–Kier alpha value is -1.43. The van der Waals surface area contributed by atoms with Gasteiger partial charge in [-0.25, -0.2) is 0 Å². The summed E-state index contributed by atoms with van der Waals surface area (Å²) in [7, 11) is 0. The van der Waals surface area contributed by atoms with Crippen LogP contribution in [0, 0.1) is 28.6 Å². The number of carbonyl (C=O) groups is 3. The molecule has 0 aromatic heterocycles. The summed E-state index contributed by atoms with van der Waals surface area (Å²) in [6.07, 6.45) is 6.25. The van der Waals surface area contributed by atoms with Gasteiger partial charge in [0.2, 0.25) is 0 Å². The molecule has 0 bridgehead atoms. The van der Waals surface area contributed by atoms with E-state index in [4.69, 9.17) is 9.47 Å². The second-order valence-electron chi connectivity index (χ2n) is 10.2. The van der Waals surface area contributed by atoms with E-state index in [0.29, 0.717) is 36.9 Å². The first-order chi connectivity index (χ1) is 13.6. The Morgan fingerprint density at radius 1 is 1.03 bits per heavy atom. The predicted molar refractivity (Wildman–Crippen MR) is 105 cm³/mol. The van der Waals surface area contributed by atoms with Gasteiger partial charge in [0.1, 0.15) is 24.1 Å². The summed E-state index contributed by atoms with van der Waals surface area (Å²) in [4.78, 5) is 36.1. The molecule has 4 aliphatic rings. The fourth-order valence-corrected chi connectivity index (χ4v) is 7.72. The molecule has 0 unspecified atom stereocenters. The molecule has 4 fully saturated rings. The molecule has 6 nitrogen and oxygen atoms in total. The lowest BCUT2D eigenvalue weighted by atomic mass is 9.43. The average molecular weight is 407 g/mol. The van der Waals surface area contributed by atoms with E-state index in [1.807, 2.05) is 0 Å². The molecule has 0 aromatic carbocycles. The molecule has 0 heterocycles. The van der Waals surface area contributed by atoms with Gasteiger partial charge in [-0.2, -0.15) is 0 Å². The van der Waals surface area contributed by atoms with Crippen LogP contribution in [0.25, 0.3) is 0 Å². The van der Waals surface area contributed by atoms with Crippen LogP contribution >= 0.6 is 0 Å². The molecule has 0 aromatic rings. The highest BCUT2D eigenvalue weighted by Crippen LogP contribution is 2.67. The van der Waals surface area contributed by atoms with E-state index >= 15 is 0 Å². The van der Waals surface area contributed by atoms with Crippen molar-refractivity contribution in [2.75, 3.05) is 6.61 Å². The van der Waals surface area contributed by atoms with Crippen LogP contribution in [0.15, 0.2) is 0 Å². The third-order valence-electron chi connectivity index (χ3n) is 9.04. The lowest BCUT2D eigenvalue weighted by molar-refractivity contribution is -0.268. The van der Waals surface area contributed by atoms with Crippen molar-refractivity contribution in [3.05, 3.63) is 0 Å². The minimum Gasteiger partial charge on any atom is -0.465 e. The Bertz CT molecular complexity index is 718. The molecule has 0 spiro atoms. The maximum absolute atomic E-state index is 12.6. The molecule has 6 heteroatoms. The molecule has 4 rings (SSSR count). The zero-order valence-corrected chi connectivity index (χ0v) is 17.9. The van der Waals surface area contributed by atoms with E-state index in [1.165, 1.54) is 13.8 Å². The van der Waals surface area contributed by atoms with Crippen molar-refractivity contribution in [3.63, 3.8) is 0 Å². The number of aliphatic hydroxyl groups is 1. The number of ether oxygens (including phenoxy) is 2. The molecule has 162 valence electrons. The summed E-state index contributed by atoms with van der Waals surface area (Å²) < 4.78 is 11.2. The second kappa shape index (κ2) is 7.07. The number of rotatable bonds is 3. The molecule has 0 aliphatic heterocycles. The largest absolute Gasteiger partial charge is 0.465 e. The third kappa shape index (κ3) is 2.96. The Labute approximate surface area is 172 Å². The van der Waals surface area contributed by atoms with Gasteiger partial charge < -0.3 is 14.6 Å². The van der Waals surface area contributed by atoms with E-state index in [2.05, 4.69) is 6.92 Å². The molecular formula is C23H34O6. The number of ketones is 1. The molecule has 1 N–H and O–H groups in total. The molecule has 29 heavy (non-hydrogen) atoms. The number of esters is 2. The summed E-state index contributed by atoms with van der Waals surface area (Å²) in [5.41, 5.74) is -2.06. The smallest absolute Gasteiger partial charge is 0.303 e. The number of Topliss-reactive ketones (excluding diaryl/α,β-unsaturated/α-hetero) is 1. The molecule has 0 amide bonds. The van der Waals surface area contributed by atoms with E-state index < -0.39 is 17.1 Å². The Morgan fingerprint density at radius 2 is 1.79 bits per heavy atom. The molecule has 4 saturated carbocycles. The SMILES string of the molecule is CC(=O)OC[C@]12CCC[C@H](OC(C)=O)[C@]1(O)CC[C@@H]1[C@@H]2CC[C@]2(C)C(=O)CC[C@@H]12. The number of hydrogen-bond acceptors (Lipinski definition) is 6. The Balaban J connectivity index is 1.73. The van der Waals surface area contributed by atoms with E-state index in [9.17, 15) is 19.5 Å². The first-order valence-electron chi connectivity index (χ1n) is 11.2. The van der Waals surface area contributed by atoms with Crippen molar-refractivity contribution >= 4 is 17.7 Å². The highest BCUT2D eigenvalue weighted by atomic mass is 16.6. The quantitative estimate of drug-likeness (QED) is 0.724. The zero-order valence-electron chi connectivity index (χ0n) is 17.9. The number of fused-ring (bicyclic) bond motifs is 5. The number of hydrogen-bond donors (Lipinski definition) is 1. The van der Waals surface area contributed by atoms with Crippen molar-refractivity contribution < 1.29 is 29.0 Å². The van der Waals surface area contributed by atoms with Crippen molar-refractivity contribution in [2.45, 2.75) is 90.3 Å². The summed E-state index contributed by atoms with van der Waals surface area (Å²) in [5.74, 6) is 0.496. The van der Waals surface area contributed by atoms with Gasteiger partial charge in [-0.1, -0.05) is 6.92 Å². The van der Waals surface area contributed by atoms with Crippen LogP contribution in [0.3, 0.4) is 0 Å². The fourth-order valence-electron chi connectivity index (χ4n) is 7.72. The van der Waals surface area contributed by atoms with Crippen molar-refractivity contribution in [3.8, 4) is 0 Å². The van der Waals surface area contributed by atoms with Crippen LogP contribution in [0.4, 0.5) is 0 Å². The van der Waals surface area contributed by atoms with Crippen LogP contribution in [-0.4, -0.2) is 41.1 Å². The highest BCUT2D eigenvalue weighted by Gasteiger charge is 2.69. The van der Waals surface area contributed by atoms with Gasteiger partial charge in [-0.15, -0.1) is 0 Å². The maximum Gasteiger partial charge on any atom is 0.303 e. The molecular weight excluding hydrogens is 372 g/mol. The molecule has 4 aliphatic carbocycles. The summed E-state index contributed by atoms with van der Waals surface area (Å²) in [6.45, 7) is 5.07. The first-order valence-corrected chi connectivity index (χ1v) is 11.2. The van der Waals surface area contributed by atoms with E-state index in [1.54, 1.807) is 0 Å². The van der Waals surface area contributed by atoms with Crippen LogP contribution in [0.1, 0.15) is 78.6 Å². The van der Waals surface area contributed by atoms with Gasteiger partial charge in [0.05, 0.1) is 0 Å². The van der Waals surface area contributed by atoms with Crippen molar-refractivity contribution in [1.29, 1.82) is 0 Å². The number of carbonyl (C=O) groups excluding carboxylic acids is 3. The topological polar surface area (TPSA) is 89.9 Å². The van der Waals surface area contributed by atoms with Crippen LogP contribution in [-0.2, 0) is 23.9 Å². The van der Waals surface area contributed by atoms with Crippen molar-refractivity contribution in [1.82, 2.24) is 0 Å². The minimum atomic E-state index is -1.19. The van der Waals surface area contributed by atoms with Gasteiger partial charge in [0.25, 0.3) is 0 Å². The summed E-state index contributed by atoms with van der Waals surface area (Å²) in [5, 5.41) is 12.0. The van der Waals surface area contributed by atoms with Crippen LogP contribution in [0.2, 0.25) is 0 Å². The summed E-state index contributed by atoms with van der Waals surface area (Å²) >= 11 is 0. The molecule has 0 radical (unpaired) electrons. The lowest BCUT2D eigenvalue weighted by Gasteiger charge is -2.64. The molecule has 7 atom stereocenters. The maximum atomic E-state index is 12.6. The van der Waals surface area contributed by atoms with E-state index in [-0.39, 0.29) is 29.9 Å². The Kier molecular flexibility index (Phi) is 5.08. The van der Waals surface area contributed by atoms with Crippen LogP contribution < -0.4 is 0 Å². The second-order valence-corrected chi connectivity index (χ2v) is 10.2. The average Bonchev–Trinajstić information content (AvgIpc) is 2.96. The Morgan fingerprint density at radius 3 is 2.48 bits per heavy atom. The minimum absolute atomic E-state index is 0.162. The van der Waals surface area contributed by atoms with Gasteiger partial charge >= 0.3 is 11.9 Å². The lowest BCUT2D eigenvalue weighted by Crippen LogP contribution is -2.69. The predicted octanol–water partition coefficient (Wildman–Crippen LogP) is 3.19. The monoisotopic (exact) mass is 406 g/mol. The summed E-state index contributed by atoms with van der Waals surface area (Å²) in [6, 6.07) is 0. The van der Waals surface area contributed by atoms with E-state index in [0.717, 1.165) is 38.5 Å². The normalized spacial score (nSPS) is 46.3. The van der Waals surface area contributed by atoms with Crippen LogP contribution in [0.5, 0.6) is 0 Å². The fraction of sp³-hybridized carbons (Fsp3) is 0.870. The van der Waals surface area contributed by atoms with Gasteiger partial charge in [0, 0.05) is 31.1 Å². The van der Waals surface area contributed by atoms with Crippen molar-refractivity contribution in [2.24, 2.45) is 28.6 Å². The third-order valence-corrected chi connectivity index (χ3v) is 9.04.